The van der Waals surface area contributed by atoms with Gasteiger partial charge in [0.15, 0.2) is 9.47 Å². The number of hydrogen-bond donors (Lipinski definition) is 2. The van der Waals surface area contributed by atoms with E-state index in [4.69, 9.17) is 22.4 Å². The van der Waals surface area contributed by atoms with Crippen molar-refractivity contribution in [2.75, 3.05) is 5.73 Å². The largest absolute Gasteiger partial charge is 0.512 e. The molecule has 0 aliphatic carbocycles. The maximum atomic E-state index is 9.97. The number of thiazole rings is 1. The van der Waals surface area contributed by atoms with Crippen molar-refractivity contribution in [2.45, 2.75) is 0 Å². The molecule has 0 spiro atoms. The summed E-state index contributed by atoms with van der Waals surface area (Å²) < 4.78 is 4.30. The van der Waals surface area contributed by atoms with Crippen molar-refractivity contribution in [3.8, 4) is 5.88 Å². The van der Waals surface area contributed by atoms with Crippen molar-refractivity contribution >= 4 is 34.2 Å². The molecule has 0 aromatic carbocycles. The molecule has 1 aromatic heterocycles. The van der Waals surface area contributed by atoms with Gasteiger partial charge < -0.3 is 15.6 Å². The Bertz CT molecular complexity index is 287. The molecule has 0 saturated carbocycles. The summed E-state index contributed by atoms with van der Waals surface area (Å²) in [4.78, 5) is 13.5. The van der Waals surface area contributed by atoms with Gasteiger partial charge in [-0.05, 0) is 0 Å². The Morgan fingerprint density at radius 3 is 2.82 bits per heavy atom. The zero-order valence-electron chi connectivity index (χ0n) is 5.07. The molecule has 0 aliphatic rings. The topological polar surface area (TPSA) is 85.4 Å². The highest BCUT2D eigenvalue weighted by Crippen LogP contribution is 2.31. The summed E-state index contributed by atoms with van der Waals surface area (Å²) in [6.45, 7) is 0. The number of halogens is 1. The van der Waals surface area contributed by atoms with E-state index in [-0.39, 0.29) is 15.3 Å². The van der Waals surface area contributed by atoms with Gasteiger partial charge in [-0.2, -0.15) is 4.98 Å². The quantitative estimate of drug-likeness (QED) is 0.661. The van der Waals surface area contributed by atoms with Crippen LogP contribution in [0, 0.1) is 0 Å². The predicted molar refractivity (Wildman–Crippen MR) is 40.2 cm³/mol. The molecular formula is C4H3ClN2O3S. The molecule has 0 radical (unpaired) electrons. The molecule has 1 aromatic rings. The summed E-state index contributed by atoms with van der Waals surface area (Å²) in [6.07, 6.45) is -1.46. The summed E-state index contributed by atoms with van der Waals surface area (Å²) in [6, 6.07) is 0. The van der Waals surface area contributed by atoms with E-state index in [1.54, 1.807) is 0 Å². The minimum Gasteiger partial charge on any atom is -0.449 e. The molecule has 11 heavy (non-hydrogen) atoms. The zero-order chi connectivity index (χ0) is 8.43. The summed E-state index contributed by atoms with van der Waals surface area (Å²) in [5.74, 6) is -0.165. The van der Waals surface area contributed by atoms with Gasteiger partial charge in [0.2, 0.25) is 0 Å². The minimum atomic E-state index is -1.46. The molecule has 0 aliphatic heterocycles. The minimum absolute atomic E-state index is 0.130. The zero-order valence-corrected chi connectivity index (χ0v) is 6.65. The van der Waals surface area contributed by atoms with Gasteiger partial charge in [0.1, 0.15) is 0 Å². The summed E-state index contributed by atoms with van der Waals surface area (Å²) in [5, 5.41) is 8.32. The molecule has 0 fully saturated rings. The smallest absolute Gasteiger partial charge is 0.449 e. The lowest BCUT2D eigenvalue weighted by Crippen LogP contribution is -2.03. The number of aromatic nitrogens is 1. The molecule has 7 heteroatoms. The Labute approximate surface area is 70.4 Å². The molecular weight excluding hydrogens is 192 g/mol. The van der Waals surface area contributed by atoms with E-state index < -0.39 is 6.16 Å². The van der Waals surface area contributed by atoms with Crippen molar-refractivity contribution in [3.05, 3.63) is 4.34 Å². The van der Waals surface area contributed by atoms with E-state index in [2.05, 4.69) is 9.72 Å². The van der Waals surface area contributed by atoms with Crippen LogP contribution in [0.4, 0.5) is 9.93 Å². The fraction of sp³-hybridized carbons (Fsp3) is 0. The van der Waals surface area contributed by atoms with E-state index in [1.807, 2.05) is 0 Å². The van der Waals surface area contributed by atoms with Gasteiger partial charge in [-0.3, -0.25) is 0 Å². The lowest BCUT2D eigenvalue weighted by molar-refractivity contribution is 0.143. The van der Waals surface area contributed by atoms with Crippen molar-refractivity contribution in [3.63, 3.8) is 0 Å². The second kappa shape index (κ2) is 2.93. The summed E-state index contributed by atoms with van der Waals surface area (Å²) in [7, 11) is 0. The standard InChI is InChI=1S/C4H3ClN2O3S/c5-1-2(10-4(8)9)7-3(6)11-1/h(H2,6,7)(H,8,9). The number of nitrogen functional groups attached to an aromatic ring is 1. The highest BCUT2D eigenvalue weighted by Gasteiger charge is 2.11. The number of anilines is 1. The Kier molecular flexibility index (Phi) is 2.16. The molecule has 0 atom stereocenters. The summed E-state index contributed by atoms with van der Waals surface area (Å²) in [5.41, 5.74) is 5.21. The highest BCUT2D eigenvalue weighted by molar-refractivity contribution is 7.19. The van der Waals surface area contributed by atoms with Gasteiger partial charge in [-0.15, -0.1) is 0 Å². The van der Waals surface area contributed by atoms with E-state index in [0.29, 0.717) is 0 Å². The van der Waals surface area contributed by atoms with E-state index in [9.17, 15) is 4.79 Å². The van der Waals surface area contributed by atoms with Crippen LogP contribution in [0.3, 0.4) is 0 Å². The van der Waals surface area contributed by atoms with Crippen molar-refractivity contribution in [2.24, 2.45) is 0 Å². The second-order valence-corrected chi connectivity index (χ2v) is 3.13. The van der Waals surface area contributed by atoms with Crippen LogP contribution in [-0.4, -0.2) is 16.2 Å². The molecule has 60 valence electrons. The molecule has 0 bridgehead atoms. The SMILES string of the molecule is Nc1nc(OC(=O)O)c(Cl)s1. The number of carboxylic acid groups (broad SMARTS) is 1. The number of nitrogens with zero attached hydrogens (tertiary/aromatic N) is 1. The molecule has 0 amide bonds. The molecule has 1 heterocycles. The predicted octanol–water partition coefficient (Wildman–Crippen LogP) is 1.44. The Balaban J connectivity index is 2.85. The highest BCUT2D eigenvalue weighted by atomic mass is 35.5. The van der Waals surface area contributed by atoms with Gasteiger partial charge in [0, 0.05) is 0 Å². The van der Waals surface area contributed by atoms with Crippen LogP contribution in [0.15, 0.2) is 0 Å². The monoisotopic (exact) mass is 194 g/mol. The van der Waals surface area contributed by atoms with E-state index in [0.717, 1.165) is 11.3 Å². The van der Waals surface area contributed by atoms with E-state index in [1.165, 1.54) is 0 Å². The van der Waals surface area contributed by atoms with Crippen LogP contribution in [0.2, 0.25) is 4.34 Å². The first-order valence-electron chi connectivity index (χ1n) is 2.42. The lowest BCUT2D eigenvalue weighted by Gasteiger charge is -1.91. The van der Waals surface area contributed by atoms with Crippen molar-refractivity contribution < 1.29 is 14.6 Å². The Morgan fingerprint density at radius 1 is 1.82 bits per heavy atom. The maximum absolute atomic E-state index is 9.97. The lowest BCUT2D eigenvalue weighted by atomic mass is 10.9. The number of nitrogens with two attached hydrogens (primary N) is 1. The first kappa shape index (κ1) is 8.09. The average Bonchev–Trinajstić information content (AvgIpc) is 2.09. The van der Waals surface area contributed by atoms with Crippen LogP contribution >= 0.6 is 22.9 Å². The van der Waals surface area contributed by atoms with Crippen molar-refractivity contribution in [1.29, 1.82) is 0 Å². The molecule has 3 N–H and O–H groups in total. The van der Waals surface area contributed by atoms with Gasteiger partial charge in [-0.1, -0.05) is 22.9 Å². The fourth-order valence-electron chi connectivity index (χ4n) is 0.448. The number of ether oxygens (including phenoxy) is 1. The first-order valence-corrected chi connectivity index (χ1v) is 3.61. The average molecular weight is 195 g/mol. The van der Waals surface area contributed by atoms with Gasteiger partial charge in [0.05, 0.1) is 0 Å². The number of hydrogen-bond acceptors (Lipinski definition) is 5. The number of rotatable bonds is 1. The fourth-order valence-corrected chi connectivity index (χ4v) is 1.25. The first-order chi connectivity index (χ1) is 5.09. The molecule has 5 nitrogen and oxygen atoms in total. The Morgan fingerprint density at radius 2 is 2.45 bits per heavy atom. The third kappa shape index (κ3) is 1.95. The third-order valence-corrected chi connectivity index (χ3v) is 1.81. The molecule has 0 unspecified atom stereocenters. The third-order valence-electron chi connectivity index (χ3n) is 0.758. The van der Waals surface area contributed by atoms with Gasteiger partial charge in [0.25, 0.3) is 5.88 Å². The van der Waals surface area contributed by atoms with Crippen molar-refractivity contribution in [1.82, 2.24) is 4.98 Å². The normalized spacial score (nSPS) is 9.55. The molecule has 0 saturated heterocycles. The van der Waals surface area contributed by atoms with Crippen LogP contribution < -0.4 is 10.5 Å². The van der Waals surface area contributed by atoms with Gasteiger partial charge >= 0.3 is 6.16 Å². The van der Waals surface area contributed by atoms with Gasteiger partial charge in [-0.25, -0.2) is 4.79 Å². The van der Waals surface area contributed by atoms with Crippen LogP contribution in [0.25, 0.3) is 0 Å². The number of carbonyl (C=O) groups is 1. The van der Waals surface area contributed by atoms with Crippen LogP contribution in [-0.2, 0) is 0 Å². The van der Waals surface area contributed by atoms with Crippen LogP contribution in [0.5, 0.6) is 5.88 Å². The maximum Gasteiger partial charge on any atom is 0.512 e. The van der Waals surface area contributed by atoms with E-state index >= 15 is 0 Å². The molecule has 1 rings (SSSR count). The van der Waals surface area contributed by atoms with Crippen LogP contribution in [0.1, 0.15) is 0 Å². The second-order valence-electron chi connectivity index (χ2n) is 1.50. The summed E-state index contributed by atoms with van der Waals surface area (Å²) >= 11 is 6.43. The Hall–Kier alpha value is -1.01.